The number of nitrogens with one attached hydrogen (secondary N) is 2. The molecule has 2 aliphatic rings. The molecule has 1 aliphatic heterocycles. The molecule has 1 saturated heterocycles. The van der Waals surface area contributed by atoms with E-state index in [1.165, 1.54) is 23.4 Å². The second-order valence-corrected chi connectivity index (χ2v) is 11.0. The van der Waals surface area contributed by atoms with E-state index >= 15 is 0 Å². The van der Waals surface area contributed by atoms with Crippen LogP contribution in [-0.4, -0.2) is 34.9 Å². The van der Waals surface area contributed by atoms with Crippen molar-refractivity contribution in [2.24, 2.45) is 5.92 Å². The number of hydrogen-bond donors (Lipinski definition) is 2. The first kappa shape index (κ1) is 23.2. The lowest BCUT2D eigenvalue weighted by Crippen LogP contribution is -2.11. The number of rotatable bonds is 4. The largest absolute Gasteiger partial charge is 0.340 e. The Morgan fingerprint density at radius 2 is 1.81 bits per heavy atom. The third kappa shape index (κ3) is 4.55. The smallest absolute Gasteiger partial charge is 0.268 e. The lowest BCUT2D eigenvalue weighted by Gasteiger charge is -2.11. The summed E-state index contributed by atoms with van der Waals surface area (Å²) in [5.41, 5.74) is 2.09. The number of hydrogen-bond acceptors (Lipinski definition) is 6. The molecule has 7 nitrogen and oxygen atoms in total. The number of para-hydroxylation sites is 1. The number of aromatic nitrogens is 3. The van der Waals surface area contributed by atoms with E-state index in [0.29, 0.717) is 17.2 Å². The average molecular weight is 508 g/mol. The van der Waals surface area contributed by atoms with E-state index in [1.54, 1.807) is 48.7 Å². The van der Waals surface area contributed by atoms with E-state index in [1.807, 2.05) is 36.4 Å². The van der Waals surface area contributed by atoms with E-state index in [0.717, 1.165) is 33.9 Å². The summed E-state index contributed by atoms with van der Waals surface area (Å²) in [6.07, 6.45) is 9.99. The molecule has 0 radical (unpaired) electrons. The Morgan fingerprint density at radius 1 is 1.00 bits per heavy atom. The molecule has 7 rings (SSSR count). The Balaban J connectivity index is 0.000000364. The Hall–Kier alpha value is -4.19. The molecule has 1 aliphatic carbocycles. The van der Waals surface area contributed by atoms with E-state index < -0.39 is 10.0 Å². The van der Waals surface area contributed by atoms with Gasteiger partial charge in [-0.1, -0.05) is 30.3 Å². The summed E-state index contributed by atoms with van der Waals surface area (Å²) in [5, 5.41) is 8.30. The highest BCUT2D eigenvalue weighted by Gasteiger charge is 2.40. The van der Waals surface area contributed by atoms with Gasteiger partial charge in [-0.2, -0.15) is 0 Å². The number of terminal acetylenes is 1. The summed E-state index contributed by atoms with van der Waals surface area (Å²) in [6.45, 7) is 1.29. The molecule has 2 aromatic heterocycles. The Kier molecular flexibility index (Phi) is 5.87. The fourth-order valence-corrected chi connectivity index (χ4v) is 6.13. The monoisotopic (exact) mass is 507 g/mol. The van der Waals surface area contributed by atoms with Crippen molar-refractivity contribution in [3.8, 4) is 12.3 Å². The van der Waals surface area contributed by atoms with Crippen LogP contribution < -0.4 is 10.6 Å². The van der Waals surface area contributed by atoms with Crippen LogP contribution in [0.1, 0.15) is 18.7 Å². The van der Waals surface area contributed by atoms with Crippen molar-refractivity contribution in [1.82, 2.24) is 19.3 Å². The summed E-state index contributed by atoms with van der Waals surface area (Å²) in [4.78, 5) is 9.01. The molecule has 2 N–H and O–H groups in total. The number of fused-ring (bicyclic) bond motifs is 3. The first-order valence-electron chi connectivity index (χ1n) is 12.2. The maximum atomic E-state index is 13.0. The first-order valence-corrected chi connectivity index (χ1v) is 13.6. The fraction of sp³-hybridized carbons (Fsp3) is 0.172. The summed E-state index contributed by atoms with van der Waals surface area (Å²) in [5.74, 6) is 4.47. The van der Waals surface area contributed by atoms with Gasteiger partial charge in [-0.05, 0) is 79.8 Å². The van der Waals surface area contributed by atoms with Gasteiger partial charge in [0.05, 0.1) is 15.9 Å². The third-order valence-corrected chi connectivity index (χ3v) is 8.50. The van der Waals surface area contributed by atoms with Gasteiger partial charge in [0.25, 0.3) is 10.0 Å². The van der Waals surface area contributed by atoms with Crippen LogP contribution in [0, 0.1) is 18.3 Å². The number of nitrogens with zero attached hydrogens (tertiary/aromatic N) is 3. The van der Waals surface area contributed by atoms with Gasteiger partial charge in [0.2, 0.25) is 5.82 Å². The number of anilines is 2. The maximum Gasteiger partial charge on any atom is 0.268 e. The highest BCUT2D eigenvalue weighted by Crippen LogP contribution is 2.37. The van der Waals surface area contributed by atoms with Crippen molar-refractivity contribution in [2.45, 2.75) is 23.8 Å². The molecule has 8 heteroatoms. The predicted molar refractivity (Wildman–Crippen MR) is 146 cm³/mol. The summed E-state index contributed by atoms with van der Waals surface area (Å²) < 4.78 is 27.3. The molecule has 0 bridgehead atoms. The molecule has 2 atom stereocenters. The lowest BCUT2D eigenvalue weighted by molar-refractivity contribution is 0.589. The van der Waals surface area contributed by atoms with Crippen LogP contribution in [0.15, 0.2) is 90.0 Å². The number of benzene rings is 3. The zero-order chi connectivity index (χ0) is 25.4. The molecule has 0 amide bonds. The normalized spacial score (nSPS) is 18.0. The van der Waals surface area contributed by atoms with Crippen molar-refractivity contribution >= 4 is 43.3 Å². The minimum atomic E-state index is -3.68. The van der Waals surface area contributed by atoms with Crippen LogP contribution in [-0.2, 0) is 10.0 Å². The minimum absolute atomic E-state index is 0.240. The molecule has 2 fully saturated rings. The van der Waals surface area contributed by atoms with Gasteiger partial charge in [-0.3, -0.25) is 0 Å². The van der Waals surface area contributed by atoms with Crippen LogP contribution in [0.4, 0.5) is 11.5 Å². The van der Waals surface area contributed by atoms with Crippen molar-refractivity contribution in [2.75, 3.05) is 11.9 Å². The molecule has 5 aromatic rings. The lowest BCUT2D eigenvalue weighted by atomic mass is 10.2. The molecular formula is C29H25N5O2S. The second kappa shape index (κ2) is 9.36. The molecule has 37 heavy (non-hydrogen) atoms. The Morgan fingerprint density at radius 3 is 2.51 bits per heavy atom. The van der Waals surface area contributed by atoms with Crippen molar-refractivity contribution in [3.05, 3.63) is 90.9 Å². The van der Waals surface area contributed by atoms with Crippen molar-refractivity contribution in [1.29, 1.82) is 0 Å². The van der Waals surface area contributed by atoms with Gasteiger partial charge in [0.15, 0.2) is 0 Å². The molecule has 184 valence electrons. The Labute approximate surface area is 215 Å². The van der Waals surface area contributed by atoms with Crippen LogP contribution >= 0.6 is 0 Å². The summed E-state index contributed by atoms with van der Waals surface area (Å²) >= 11 is 0. The molecule has 3 aromatic carbocycles. The summed E-state index contributed by atoms with van der Waals surface area (Å²) in [6, 6.07) is 24.1. The van der Waals surface area contributed by atoms with Crippen LogP contribution in [0.5, 0.6) is 0 Å². The van der Waals surface area contributed by atoms with Crippen LogP contribution in [0.25, 0.3) is 21.8 Å². The SMILES string of the molecule is C#Cc1nc(Nc2ccc3c(ccn3S(=O)(=O)c3ccccc3)c2)c2ccccc2n1.C1CC2CC2N1. The van der Waals surface area contributed by atoms with Crippen LogP contribution in [0.3, 0.4) is 0 Å². The maximum absolute atomic E-state index is 13.0. The van der Waals surface area contributed by atoms with Crippen LogP contribution in [0.2, 0.25) is 0 Å². The first-order chi connectivity index (χ1) is 18.0. The second-order valence-electron chi connectivity index (χ2n) is 9.23. The van der Waals surface area contributed by atoms with E-state index in [4.69, 9.17) is 6.42 Å². The highest BCUT2D eigenvalue weighted by atomic mass is 32.2. The highest BCUT2D eigenvalue weighted by molar-refractivity contribution is 7.90. The molecular weight excluding hydrogens is 482 g/mol. The zero-order valence-electron chi connectivity index (χ0n) is 20.0. The van der Waals surface area contributed by atoms with Gasteiger partial charge in [-0.15, -0.1) is 6.42 Å². The third-order valence-electron chi connectivity index (χ3n) is 6.79. The van der Waals surface area contributed by atoms with Gasteiger partial charge in [0, 0.05) is 28.7 Å². The van der Waals surface area contributed by atoms with E-state index in [2.05, 4.69) is 26.5 Å². The van der Waals surface area contributed by atoms with Crippen molar-refractivity contribution < 1.29 is 8.42 Å². The fourth-order valence-electron chi connectivity index (χ4n) is 4.75. The Bertz CT molecular complexity index is 1750. The van der Waals surface area contributed by atoms with Gasteiger partial charge in [0.1, 0.15) is 5.82 Å². The van der Waals surface area contributed by atoms with Crippen molar-refractivity contribution in [3.63, 3.8) is 0 Å². The quantitative estimate of drug-likeness (QED) is 0.336. The molecule has 3 heterocycles. The zero-order valence-corrected chi connectivity index (χ0v) is 20.8. The van der Waals surface area contributed by atoms with Gasteiger partial charge >= 0.3 is 0 Å². The minimum Gasteiger partial charge on any atom is -0.340 e. The number of piperidine rings is 1. The molecule has 2 unspecified atom stereocenters. The topological polar surface area (TPSA) is 88.9 Å². The molecule has 0 spiro atoms. The van der Waals surface area contributed by atoms with E-state index in [9.17, 15) is 8.42 Å². The van der Waals surface area contributed by atoms with E-state index in [-0.39, 0.29) is 4.90 Å². The predicted octanol–water partition coefficient (Wildman–Crippen LogP) is 4.91. The molecule has 1 saturated carbocycles. The van der Waals surface area contributed by atoms with Gasteiger partial charge in [-0.25, -0.2) is 22.4 Å². The van der Waals surface area contributed by atoms with Gasteiger partial charge < -0.3 is 10.6 Å². The summed E-state index contributed by atoms with van der Waals surface area (Å²) in [7, 11) is -3.68. The average Bonchev–Trinajstić information content (AvgIpc) is 3.31. The standard InChI is InChI=1S/C24H16N4O2S.C5H9N/c1-2-23-26-21-11-7-6-10-20(21)24(27-23)25-18-12-13-22-17(16-18)14-15-28(22)31(29,30)19-8-4-3-5-9-19;1-2-6-5-3-4(1)5/h1,3-16H,(H,25,26,27);4-6H,1-3H2.